The van der Waals surface area contributed by atoms with E-state index in [-0.39, 0.29) is 5.75 Å². The molecule has 2 heterocycles. The Labute approximate surface area is 117 Å². The largest absolute Gasteiger partial charge is 0.481 e. The van der Waals surface area contributed by atoms with Crippen LogP contribution in [-0.4, -0.2) is 42.0 Å². The van der Waals surface area contributed by atoms with Gasteiger partial charge in [0.15, 0.2) is 0 Å². The normalized spacial score (nSPS) is 10.8. The maximum Gasteiger partial charge on any atom is 0.313 e. The van der Waals surface area contributed by atoms with Crippen LogP contribution >= 0.6 is 11.8 Å². The molecule has 0 aliphatic heterocycles. The topological polar surface area (TPSA) is 93.8 Å². The van der Waals surface area contributed by atoms with E-state index in [9.17, 15) is 4.79 Å². The highest BCUT2D eigenvalue weighted by atomic mass is 32.2. The van der Waals surface area contributed by atoms with Gasteiger partial charge >= 0.3 is 5.97 Å². The van der Waals surface area contributed by atoms with Crippen LogP contribution in [0.3, 0.4) is 0 Å². The van der Waals surface area contributed by atoms with Crippen molar-refractivity contribution in [1.82, 2.24) is 25.2 Å². The molecular formula is C12H9N5O2S. The SMILES string of the molecule is O=C(O)CSc1nnnn1-c1cccc2cccnc12. The summed E-state index contributed by atoms with van der Waals surface area (Å²) in [5.74, 6) is -1.01. The molecule has 100 valence electrons. The van der Waals surface area contributed by atoms with E-state index >= 15 is 0 Å². The number of para-hydroxylation sites is 1. The average Bonchev–Trinajstić information content (AvgIpc) is 2.92. The first kappa shape index (κ1) is 12.5. The first-order chi connectivity index (χ1) is 9.75. The fourth-order valence-electron chi connectivity index (χ4n) is 1.81. The Morgan fingerprint density at radius 1 is 1.30 bits per heavy atom. The molecule has 0 saturated heterocycles. The third kappa shape index (κ3) is 2.32. The van der Waals surface area contributed by atoms with E-state index in [1.807, 2.05) is 30.3 Å². The summed E-state index contributed by atoms with van der Waals surface area (Å²) >= 11 is 1.06. The summed E-state index contributed by atoms with van der Waals surface area (Å²) in [7, 11) is 0. The number of benzene rings is 1. The van der Waals surface area contributed by atoms with Gasteiger partial charge in [-0.1, -0.05) is 30.0 Å². The minimum atomic E-state index is -0.916. The highest BCUT2D eigenvalue weighted by molar-refractivity contribution is 7.99. The summed E-state index contributed by atoms with van der Waals surface area (Å²) in [5.41, 5.74) is 1.49. The van der Waals surface area contributed by atoms with Crippen LogP contribution in [0.15, 0.2) is 41.7 Å². The van der Waals surface area contributed by atoms with E-state index in [4.69, 9.17) is 5.11 Å². The summed E-state index contributed by atoms with van der Waals surface area (Å²) < 4.78 is 1.50. The Bertz CT molecular complexity index is 768. The van der Waals surface area contributed by atoms with Crippen LogP contribution in [0.4, 0.5) is 0 Å². The van der Waals surface area contributed by atoms with Gasteiger partial charge in [0.2, 0.25) is 5.16 Å². The summed E-state index contributed by atoms with van der Waals surface area (Å²) in [5, 5.41) is 21.5. The molecule has 3 rings (SSSR count). The summed E-state index contributed by atoms with van der Waals surface area (Å²) in [6.07, 6.45) is 1.69. The van der Waals surface area contributed by atoms with Gasteiger partial charge in [0.1, 0.15) is 0 Å². The molecule has 0 unspecified atom stereocenters. The molecule has 2 aromatic heterocycles. The van der Waals surface area contributed by atoms with Crippen molar-refractivity contribution in [3.05, 3.63) is 36.5 Å². The number of pyridine rings is 1. The zero-order chi connectivity index (χ0) is 13.9. The number of carboxylic acids is 1. The van der Waals surface area contributed by atoms with Crippen molar-refractivity contribution in [3.8, 4) is 5.69 Å². The van der Waals surface area contributed by atoms with E-state index in [0.29, 0.717) is 5.16 Å². The molecule has 0 bridgehead atoms. The second-order valence-corrected chi connectivity index (χ2v) is 4.85. The fraction of sp³-hybridized carbons (Fsp3) is 0.0833. The Morgan fingerprint density at radius 3 is 3.00 bits per heavy atom. The first-order valence-corrected chi connectivity index (χ1v) is 6.71. The molecule has 0 aliphatic rings. The second-order valence-electron chi connectivity index (χ2n) is 3.91. The lowest BCUT2D eigenvalue weighted by Crippen LogP contribution is -2.04. The summed E-state index contributed by atoms with van der Waals surface area (Å²) in [6.45, 7) is 0. The van der Waals surface area contributed by atoms with Gasteiger partial charge in [-0.3, -0.25) is 9.78 Å². The van der Waals surface area contributed by atoms with Crippen LogP contribution in [-0.2, 0) is 4.79 Å². The number of thioether (sulfide) groups is 1. The average molecular weight is 287 g/mol. The molecule has 0 atom stereocenters. The Kier molecular flexibility index (Phi) is 3.30. The number of tetrazole rings is 1. The number of rotatable bonds is 4. The molecule has 0 aliphatic carbocycles. The molecular weight excluding hydrogens is 278 g/mol. The first-order valence-electron chi connectivity index (χ1n) is 5.73. The minimum absolute atomic E-state index is 0.0986. The van der Waals surface area contributed by atoms with E-state index in [2.05, 4.69) is 20.5 Å². The van der Waals surface area contributed by atoms with Crippen LogP contribution in [0.1, 0.15) is 0 Å². The van der Waals surface area contributed by atoms with Gasteiger partial charge in [0, 0.05) is 11.6 Å². The zero-order valence-electron chi connectivity index (χ0n) is 10.2. The highest BCUT2D eigenvalue weighted by Gasteiger charge is 2.13. The van der Waals surface area contributed by atoms with E-state index in [0.717, 1.165) is 28.4 Å². The number of aromatic nitrogens is 5. The predicted octanol–water partition coefficient (Wildman–Crippen LogP) is 1.39. The molecule has 1 N–H and O–H groups in total. The summed E-state index contributed by atoms with van der Waals surface area (Å²) in [6, 6.07) is 9.47. The molecule has 0 radical (unpaired) electrons. The van der Waals surface area contributed by atoms with Crippen molar-refractivity contribution < 1.29 is 9.90 Å². The van der Waals surface area contributed by atoms with Crippen molar-refractivity contribution in [1.29, 1.82) is 0 Å². The van der Waals surface area contributed by atoms with Crippen molar-refractivity contribution in [3.63, 3.8) is 0 Å². The molecule has 1 aromatic carbocycles. The Hall–Kier alpha value is -2.48. The molecule has 0 amide bonds. The fourth-order valence-corrected chi connectivity index (χ4v) is 2.41. The standard InChI is InChI=1S/C12H9N5O2S/c18-10(19)7-20-12-14-15-16-17(12)9-5-1-3-8-4-2-6-13-11(8)9/h1-6H,7H2,(H,18,19). The van der Waals surface area contributed by atoms with Crippen molar-refractivity contribution in [2.45, 2.75) is 5.16 Å². The van der Waals surface area contributed by atoms with Crippen molar-refractivity contribution in [2.24, 2.45) is 0 Å². The second kappa shape index (κ2) is 5.25. The number of carboxylic acid groups (broad SMARTS) is 1. The van der Waals surface area contributed by atoms with Crippen molar-refractivity contribution in [2.75, 3.05) is 5.75 Å². The molecule has 8 heteroatoms. The van der Waals surface area contributed by atoms with Crippen LogP contribution in [0.5, 0.6) is 0 Å². The Morgan fingerprint density at radius 2 is 2.15 bits per heavy atom. The van der Waals surface area contributed by atoms with Gasteiger partial charge in [0.05, 0.1) is 17.0 Å². The third-order valence-corrected chi connectivity index (χ3v) is 3.51. The van der Waals surface area contributed by atoms with Crippen LogP contribution in [0, 0.1) is 0 Å². The van der Waals surface area contributed by atoms with E-state index in [1.165, 1.54) is 4.68 Å². The molecule has 0 fully saturated rings. The van der Waals surface area contributed by atoms with Gasteiger partial charge in [-0.05, 0) is 22.6 Å². The molecule has 3 aromatic rings. The lowest BCUT2D eigenvalue weighted by molar-refractivity contribution is -0.133. The Balaban J connectivity index is 2.08. The maximum atomic E-state index is 10.6. The molecule has 20 heavy (non-hydrogen) atoms. The number of hydrogen-bond acceptors (Lipinski definition) is 6. The van der Waals surface area contributed by atoms with Crippen LogP contribution in [0.2, 0.25) is 0 Å². The third-order valence-electron chi connectivity index (χ3n) is 2.61. The monoisotopic (exact) mass is 287 g/mol. The smallest absolute Gasteiger partial charge is 0.313 e. The lowest BCUT2D eigenvalue weighted by Gasteiger charge is -2.06. The quantitative estimate of drug-likeness (QED) is 0.724. The molecule has 7 nitrogen and oxygen atoms in total. The van der Waals surface area contributed by atoms with Gasteiger partial charge in [-0.15, -0.1) is 5.10 Å². The van der Waals surface area contributed by atoms with Crippen LogP contribution in [0.25, 0.3) is 16.6 Å². The molecule has 0 spiro atoms. The van der Waals surface area contributed by atoms with E-state index < -0.39 is 5.97 Å². The number of hydrogen-bond donors (Lipinski definition) is 1. The number of fused-ring (bicyclic) bond motifs is 1. The number of aliphatic carboxylic acids is 1. The van der Waals surface area contributed by atoms with E-state index in [1.54, 1.807) is 6.20 Å². The molecule has 0 saturated carbocycles. The van der Waals surface area contributed by atoms with Crippen LogP contribution < -0.4 is 0 Å². The lowest BCUT2D eigenvalue weighted by atomic mass is 10.2. The van der Waals surface area contributed by atoms with Gasteiger partial charge in [0.25, 0.3) is 0 Å². The maximum absolute atomic E-state index is 10.6. The number of carbonyl (C=O) groups is 1. The minimum Gasteiger partial charge on any atom is -0.481 e. The highest BCUT2D eigenvalue weighted by Crippen LogP contribution is 2.23. The van der Waals surface area contributed by atoms with Gasteiger partial charge in [-0.2, -0.15) is 4.68 Å². The zero-order valence-corrected chi connectivity index (χ0v) is 11.0. The predicted molar refractivity (Wildman–Crippen MR) is 72.8 cm³/mol. The van der Waals surface area contributed by atoms with Gasteiger partial charge in [-0.25, -0.2) is 0 Å². The summed E-state index contributed by atoms with van der Waals surface area (Å²) in [4.78, 5) is 15.0. The number of nitrogens with zero attached hydrogens (tertiary/aromatic N) is 5. The van der Waals surface area contributed by atoms with Crippen molar-refractivity contribution >= 4 is 28.6 Å². The van der Waals surface area contributed by atoms with Gasteiger partial charge < -0.3 is 5.11 Å².